The molecule has 2 rings (SSSR count). The minimum Gasteiger partial charge on any atom is -0.338 e. The second-order valence-electron chi connectivity index (χ2n) is 4.86. The molecular weight excluding hydrogens is 377 g/mol. The van der Waals surface area contributed by atoms with Crippen molar-refractivity contribution in [3.63, 3.8) is 0 Å². The Bertz CT molecular complexity index is 465. The normalized spacial score (nSPS) is 19.5. The molecule has 1 atom stereocenters. The van der Waals surface area contributed by atoms with Crippen LogP contribution in [0.3, 0.4) is 0 Å². The van der Waals surface area contributed by atoms with E-state index in [0.717, 1.165) is 31.3 Å². The summed E-state index contributed by atoms with van der Waals surface area (Å²) in [6.45, 7) is 1.59. The predicted molar refractivity (Wildman–Crippen MR) is 81.1 cm³/mol. The van der Waals surface area contributed by atoms with Gasteiger partial charge in [-0.25, -0.2) is 4.39 Å². The zero-order chi connectivity index (χ0) is 13.8. The monoisotopic (exact) mass is 391 g/mol. The van der Waals surface area contributed by atoms with Crippen LogP contribution >= 0.6 is 31.9 Å². The predicted octanol–water partition coefficient (Wildman–Crippen LogP) is 4.23. The lowest BCUT2D eigenvalue weighted by molar-refractivity contribution is 0.0671. The Labute approximate surface area is 129 Å². The van der Waals surface area contributed by atoms with E-state index in [2.05, 4.69) is 31.9 Å². The Balaban J connectivity index is 2.10. The van der Waals surface area contributed by atoms with Crippen LogP contribution in [-0.2, 0) is 0 Å². The Kier molecular flexibility index (Phi) is 5.39. The summed E-state index contributed by atoms with van der Waals surface area (Å²) < 4.78 is 13.6. The van der Waals surface area contributed by atoms with E-state index in [-0.39, 0.29) is 11.7 Å². The van der Waals surface area contributed by atoms with Crippen molar-refractivity contribution >= 4 is 37.8 Å². The largest absolute Gasteiger partial charge is 0.338 e. The van der Waals surface area contributed by atoms with Crippen molar-refractivity contribution < 1.29 is 9.18 Å². The number of hydrogen-bond donors (Lipinski definition) is 0. The fourth-order valence-corrected chi connectivity index (χ4v) is 3.64. The molecule has 1 aromatic rings. The number of hydrogen-bond acceptors (Lipinski definition) is 1. The number of alkyl halides is 1. The van der Waals surface area contributed by atoms with Gasteiger partial charge in [0.2, 0.25) is 0 Å². The number of rotatable bonds is 3. The smallest absolute Gasteiger partial charge is 0.255 e. The van der Waals surface area contributed by atoms with Gasteiger partial charge in [0, 0.05) is 22.9 Å². The van der Waals surface area contributed by atoms with Crippen molar-refractivity contribution in [2.24, 2.45) is 5.92 Å². The number of carbonyl (C=O) groups is 1. The molecule has 1 fully saturated rings. The highest BCUT2D eigenvalue weighted by Gasteiger charge is 2.25. The number of carbonyl (C=O) groups excluding carboxylic acids is 1. The fourth-order valence-electron chi connectivity index (χ4n) is 2.47. The average Bonchev–Trinajstić information content (AvgIpc) is 2.39. The summed E-state index contributed by atoms with van der Waals surface area (Å²) in [7, 11) is 0. The molecule has 1 saturated heterocycles. The van der Waals surface area contributed by atoms with E-state index in [1.54, 1.807) is 6.07 Å². The molecule has 0 N–H and O–H groups in total. The molecule has 0 aromatic heterocycles. The van der Waals surface area contributed by atoms with E-state index < -0.39 is 0 Å². The SMILES string of the molecule is O=C(c1ccc(F)cc1Br)N1CCCC(CCBr)C1. The lowest BCUT2D eigenvalue weighted by Gasteiger charge is -2.32. The Hall–Kier alpha value is -0.420. The number of benzene rings is 1. The molecule has 0 saturated carbocycles. The number of halogens is 3. The number of amides is 1. The van der Waals surface area contributed by atoms with Gasteiger partial charge in [-0.15, -0.1) is 0 Å². The van der Waals surface area contributed by atoms with Gasteiger partial charge in [-0.3, -0.25) is 4.79 Å². The molecule has 1 aliphatic heterocycles. The molecule has 2 nitrogen and oxygen atoms in total. The standard InChI is InChI=1S/C14H16Br2FNO/c15-6-5-10-2-1-7-18(9-10)14(19)12-4-3-11(17)8-13(12)16/h3-4,8,10H,1-2,5-7,9H2. The van der Waals surface area contributed by atoms with Gasteiger partial charge in [0.1, 0.15) is 5.82 Å². The fraction of sp³-hybridized carbons (Fsp3) is 0.500. The highest BCUT2D eigenvalue weighted by molar-refractivity contribution is 9.10. The molecular formula is C14H16Br2FNO. The highest BCUT2D eigenvalue weighted by Crippen LogP contribution is 2.25. The second-order valence-corrected chi connectivity index (χ2v) is 6.51. The lowest BCUT2D eigenvalue weighted by Crippen LogP contribution is -2.40. The Morgan fingerprint density at radius 2 is 2.26 bits per heavy atom. The van der Waals surface area contributed by atoms with Crippen LogP contribution in [-0.4, -0.2) is 29.2 Å². The molecule has 0 radical (unpaired) electrons. The van der Waals surface area contributed by atoms with Gasteiger partial charge < -0.3 is 4.90 Å². The molecule has 1 aromatic carbocycles. The van der Waals surface area contributed by atoms with Crippen molar-refractivity contribution in [1.29, 1.82) is 0 Å². The van der Waals surface area contributed by atoms with E-state index in [1.807, 2.05) is 4.90 Å². The van der Waals surface area contributed by atoms with Crippen molar-refractivity contribution in [3.8, 4) is 0 Å². The Morgan fingerprint density at radius 1 is 1.47 bits per heavy atom. The summed E-state index contributed by atoms with van der Waals surface area (Å²) in [6.07, 6.45) is 3.32. The first-order valence-electron chi connectivity index (χ1n) is 6.42. The maximum absolute atomic E-state index is 13.1. The molecule has 1 heterocycles. The van der Waals surface area contributed by atoms with Crippen LogP contribution in [0.4, 0.5) is 4.39 Å². The highest BCUT2D eigenvalue weighted by atomic mass is 79.9. The zero-order valence-corrected chi connectivity index (χ0v) is 13.7. The van der Waals surface area contributed by atoms with Crippen LogP contribution in [0.5, 0.6) is 0 Å². The van der Waals surface area contributed by atoms with Gasteiger partial charge >= 0.3 is 0 Å². The molecule has 0 bridgehead atoms. The van der Waals surface area contributed by atoms with Crippen LogP contribution in [0, 0.1) is 11.7 Å². The van der Waals surface area contributed by atoms with Gasteiger partial charge in [0.05, 0.1) is 5.56 Å². The van der Waals surface area contributed by atoms with Crippen molar-refractivity contribution in [3.05, 3.63) is 34.1 Å². The first-order chi connectivity index (χ1) is 9.11. The molecule has 104 valence electrons. The van der Waals surface area contributed by atoms with Crippen LogP contribution < -0.4 is 0 Å². The minimum absolute atomic E-state index is 0.00820. The second kappa shape index (κ2) is 6.84. The van der Waals surface area contributed by atoms with Crippen molar-refractivity contribution in [1.82, 2.24) is 4.90 Å². The van der Waals surface area contributed by atoms with Crippen molar-refractivity contribution in [2.45, 2.75) is 19.3 Å². The molecule has 1 amide bonds. The molecule has 0 spiro atoms. The number of nitrogens with zero attached hydrogens (tertiary/aromatic N) is 1. The van der Waals surface area contributed by atoms with Gasteiger partial charge in [-0.05, 0) is 59.3 Å². The topological polar surface area (TPSA) is 20.3 Å². The molecule has 5 heteroatoms. The third-order valence-electron chi connectivity index (χ3n) is 3.49. The summed E-state index contributed by atoms with van der Waals surface area (Å²) in [6, 6.07) is 4.22. The van der Waals surface area contributed by atoms with Crippen LogP contribution in [0.1, 0.15) is 29.6 Å². The van der Waals surface area contributed by atoms with E-state index in [1.165, 1.54) is 18.6 Å². The number of piperidine rings is 1. The van der Waals surface area contributed by atoms with Gasteiger partial charge in [-0.1, -0.05) is 15.9 Å². The van der Waals surface area contributed by atoms with E-state index in [0.29, 0.717) is 16.0 Å². The molecule has 1 aliphatic rings. The number of likely N-dealkylation sites (tertiary alicyclic amines) is 1. The van der Waals surface area contributed by atoms with Gasteiger partial charge in [0.15, 0.2) is 0 Å². The average molecular weight is 393 g/mol. The van der Waals surface area contributed by atoms with Gasteiger partial charge in [-0.2, -0.15) is 0 Å². The summed E-state index contributed by atoms with van der Waals surface area (Å²) in [5, 5.41) is 0.972. The first-order valence-corrected chi connectivity index (χ1v) is 8.33. The van der Waals surface area contributed by atoms with Gasteiger partial charge in [0.25, 0.3) is 5.91 Å². The van der Waals surface area contributed by atoms with E-state index in [9.17, 15) is 9.18 Å². The van der Waals surface area contributed by atoms with Crippen LogP contribution in [0.15, 0.2) is 22.7 Å². The summed E-state index contributed by atoms with van der Waals surface area (Å²) in [5.74, 6) is 0.224. The first kappa shape index (κ1) is 15.0. The third kappa shape index (κ3) is 3.78. The summed E-state index contributed by atoms with van der Waals surface area (Å²) in [4.78, 5) is 14.3. The minimum atomic E-state index is -0.334. The maximum atomic E-state index is 13.1. The maximum Gasteiger partial charge on any atom is 0.255 e. The summed E-state index contributed by atoms with van der Waals surface area (Å²) in [5.41, 5.74) is 0.542. The molecule has 1 unspecified atom stereocenters. The van der Waals surface area contributed by atoms with Crippen LogP contribution in [0.2, 0.25) is 0 Å². The lowest BCUT2D eigenvalue weighted by atomic mass is 9.95. The molecule has 0 aliphatic carbocycles. The molecule has 19 heavy (non-hydrogen) atoms. The third-order valence-corrected chi connectivity index (χ3v) is 4.60. The zero-order valence-electron chi connectivity index (χ0n) is 10.5. The summed E-state index contributed by atoms with van der Waals surface area (Å²) >= 11 is 6.72. The van der Waals surface area contributed by atoms with Crippen molar-refractivity contribution in [2.75, 3.05) is 18.4 Å². The van der Waals surface area contributed by atoms with E-state index in [4.69, 9.17) is 0 Å². The van der Waals surface area contributed by atoms with E-state index >= 15 is 0 Å². The van der Waals surface area contributed by atoms with Crippen LogP contribution in [0.25, 0.3) is 0 Å². The quantitative estimate of drug-likeness (QED) is 0.705. The Morgan fingerprint density at radius 3 is 2.95 bits per heavy atom.